The number of pyridine rings is 1. The fourth-order valence-corrected chi connectivity index (χ4v) is 2.66. The Balaban J connectivity index is 2.92. The number of nitrogens with zero attached hydrogens (tertiary/aromatic N) is 3. The first-order chi connectivity index (χ1) is 8.63. The summed E-state index contributed by atoms with van der Waals surface area (Å²) in [5.41, 5.74) is 1.85. The van der Waals surface area contributed by atoms with E-state index in [1.165, 1.54) is 11.8 Å². The number of hydrogen-bond acceptors (Lipinski definition) is 4. The van der Waals surface area contributed by atoms with Gasteiger partial charge in [-0.05, 0) is 30.4 Å². The molecule has 2 aromatic heterocycles. The normalized spacial score (nSPS) is 10.5. The van der Waals surface area contributed by atoms with E-state index in [-0.39, 0.29) is 5.69 Å². The molecule has 92 valence electrons. The Hall–Kier alpha value is -2.00. The highest BCUT2D eigenvalue weighted by Gasteiger charge is 2.26. The van der Waals surface area contributed by atoms with Gasteiger partial charge in [0.2, 0.25) is 0 Å². The third-order valence-corrected chi connectivity index (χ3v) is 3.63. The molecule has 0 amide bonds. The molecule has 0 aliphatic rings. The number of aromatic nitrogens is 1. The van der Waals surface area contributed by atoms with Crippen molar-refractivity contribution in [3.05, 3.63) is 39.7 Å². The molecule has 0 unspecified atom stereocenters. The Kier molecular flexibility index (Phi) is 3.26. The molecule has 2 aromatic rings. The zero-order valence-electron chi connectivity index (χ0n) is 10.0. The molecule has 0 aliphatic carbocycles. The van der Waals surface area contributed by atoms with E-state index in [1.54, 1.807) is 22.9 Å². The number of nitriles is 1. The van der Waals surface area contributed by atoms with Gasteiger partial charge in [-0.3, -0.25) is 10.1 Å². The van der Waals surface area contributed by atoms with E-state index in [0.717, 1.165) is 12.0 Å². The molecule has 0 saturated carbocycles. The zero-order valence-corrected chi connectivity index (χ0v) is 10.8. The van der Waals surface area contributed by atoms with Crippen molar-refractivity contribution in [2.24, 2.45) is 0 Å². The summed E-state index contributed by atoms with van der Waals surface area (Å²) in [6, 6.07) is 5.69. The maximum atomic E-state index is 11.2. The average Bonchev–Trinajstić information content (AvgIpc) is 2.70. The highest BCUT2D eigenvalue weighted by molar-refractivity contribution is 7.98. The van der Waals surface area contributed by atoms with E-state index in [9.17, 15) is 10.1 Å². The largest absolute Gasteiger partial charge is 0.309 e. The molecule has 0 spiro atoms. The Bertz CT molecular complexity index is 670. The molecule has 0 N–H and O–H groups in total. The van der Waals surface area contributed by atoms with Crippen LogP contribution in [0.1, 0.15) is 18.2 Å². The van der Waals surface area contributed by atoms with Crippen molar-refractivity contribution in [3.63, 3.8) is 0 Å². The molecular weight excluding hydrogens is 250 g/mol. The van der Waals surface area contributed by atoms with Crippen LogP contribution in [-0.4, -0.2) is 15.6 Å². The van der Waals surface area contributed by atoms with Gasteiger partial charge in [0.05, 0.1) is 4.92 Å². The van der Waals surface area contributed by atoms with Gasteiger partial charge < -0.3 is 4.40 Å². The highest BCUT2D eigenvalue weighted by Crippen LogP contribution is 2.37. The van der Waals surface area contributed by atoms with Gasteiger partial charge in [-0.2, -0.15) is 5.26 Å². The van der Waals surface area contributed by atoms with Crippen LogP contribution in [-0.2, 0) is 6.42 Å². The van der Waals surface area contributed by atoms with Crippen molar-refractivity contribution >= 4 is 23.0 Å². The van der Waals surface area contributed by atoms with Gasteiger partial charge in [-0.1, -0.05) is 6.92 Å². The Labute approximate surface area is 108 Å². The maximum absolute atomic E-state index is 11.2. The minimum absolute atomic E-state index is 0.0225. The zero-order chi connectivity index (χ0) is 13.3. The monoisotopic (exact) mass is 261 g/mol. The molecule has 0 bridgehead atoms. The van der Waals surface area contributed by atoms with Crippen molar-refractivity contribution in [3.8, 4) is 6.07 Å². The summed E-state index contributed by atoms with van der Waals surface area (Å²) in [6.45, 7) is 1.99. The number of hydrogen-bond donors (Lipinski definition) is 0. The smallest absolute Gasteiger partial charge is 0.301 e. The van der Waals surface area contributed by atoms with E-state index in [4.69, 9.17) is 5.26 Å². The summed E-state index contributed by atoms with van der Waals surface area (Å²) in [7, 11) is 0. The van der Waals surface area contributed by atoms with Crippen LogP contribution in [0, 0.1) is 21.4 Å². The van der Waals surface area contributed by atoms with Gasteiger partial charge in [0.15, 0.2) is 0 Å². The van der Waals surface area contributed by atoms with Gasteiger partial charge in [0.25, 0.3) is 0 Å². The van der Waals surface area contributed by atoms with Gasteiger partial charge in [-0.15, -0.1) is 11.8 Å². The third-order valence-electron chi connectivity index (χ3n) is 2.83. The topological polar surface area (TPSA) is 71.3 Å². The molecule has 0 radical (unpaired) electrons. The quantitative estimate of drug-likeness (QED) is 0.483. The molecule has 0 aliphatic heterocycles. The van der Waals surface area contributed by atoms with Gasteiger partial charge >= 0.3 is 5.69 Å². The Morgan fingerprint density at radius 2 is 2.33 bits per heavy atom. The highest BCUT2D eigenvalue weighted by atomic mass is 32.2. The lowest BCUT2D eigenvalue weighted by Gasteiger charge is -1.99. The first-order valence-electron chi connectivity index (χ1n) is 5.39. The van der Waals surface area contributed by atoms with Crippen LogP contribution in [0.4, 0.5) is 5.69 Å². The summed E-state index contributed by atoms with van der Waals surface area (Å²) in [6.07, 6.45) is 4.26. The van der Waals surface area contributed by atoms with E-state index in [2.05, 4.69) is 0 Å². The molecule has 5 nitrogen and oxygen atoms in total. The maximum Gasteiger partial charge on any atom is 0.309 e. The molecule has 0 fully saturated rings. The lowest BCUT2D eigenvalue weighted by molar-refractivity contribution is -0.385. The molecular formula is C12H11N3O2S. The standard InChI is InChI=1S/C12H11N3O2S/c1-3-8-4-5-14-9(6-8)11(15(16)17)12(18-2)10(14)7-13/h4-6H,3H2,1-2H3. The summed E-state index contributed by atoms with van der Waals surface area (Å²) in [5, 5.41) is 20.4. The van der Waals surface area contributed by atoms with Crippen LogP contribution in [0.15, 0.2) is 23.2 Å². The fourth-order valence-electron chi connectivity index (χ4n) is 1.95. The second kappa shape index (κ2) is 4.70. The first-order valence-corrected chi connectivity index (χ1v) is 6.61. The minimum atomic E-state index is -0.415. The number of aryl methyl sites for hydroxylation is 1. The summed E-state index contributed by atoms with van der Waals surface area (Å²) in [4.78, 5) is 11.2. The van der Waals surface area contributed by atoms with Crippen LogP contribution in [0.25, 0.3) is 5.52 Å². The molecule has 0 aromatic carbocycles. The van der Waals surface area contributed by atoms with Crippen LogP contribution in [0.2, 0.25) is 0 Å². The predicted octanol–water partition coefficient (Wildman–Crippen LogP) is 3.00. The molecule has 0 atom stereocenters. The van der Waals surface area contributed by atoms with Crippen LogP contribution < -0.4 is 0 Å². The van der Waals surface area contributed by atoms with E-state index < -0.39 is 4.92 Å². The lowest BCUT2D eigenvalue weighted by Crippen LogP contribution is -1.91. The Morgan fingerprint density at radius 1 is 1.61 bits per heavy atom. The van der Waals surface area contributed by atoms with Crippen LogP contribution in [0.5, 0.6) is 0 Å². The van der Waals surface area contributed by atoms with Gasteiger partial charge in [0, 0.05) is 6.20 Å². The second-order valence-electron chi connectivity index (χ2n) is 3.74. The summed E-state index contributed by atoms with van der Waals surface area (Å²) >= 11 is 1.23. The Morgan fingerprint density at radius 3 is 2.83 bits per heavy atom. The van der Waals surface area contributed by atoms with Crippen molar-refractivity contribution in [2.45, 2.75) is 18.2 Å². The third kappa shape index (κ3) is 1.73. The molecule has 2 heterocycles. The van der Waals surface area contributed by atoms with Gasteiger partial charge in [-0.25, -0.2) is 0 Å². The molecule has 0 saturated heterocycles. The summed E-state index contributed by atoms with van der Waals surface area (Å²) < 4.78 is 1.59. The van der Waals surface area contributed by atoms with Crippen molar-refractivity contribution in [2.75, 3.05) is 6.26 Å². The number of fused-ring (bicyclic) bond motifs is 1. The lowest BCUT2D eigenvalue weighted by atomic mass is 10.2. The fraction of sp³-hybridized carbons (Fsp3) is 0.250. The van der Waals surface area contributed by atoms with Crippen LogP contribution >= 0.6 is 11.8 Å². The minimum Gasteiger partial charge on any atom is -0.301 e. The molecule has 6 heteroatoms. The number of nitro groups is 1. The van der Waals surface area contributed by atoms with E-state index in [1.807, 2.05) is 19.1 Å². The number of thioether (sulfide) groups is 1. The molecule has 18 heavy (non-hydrogen) atoms. The average molecular weight is 261 g/mol. The number of rotatable bonds is 3. The molecule has 2 rings (SSSR count). The predicted molar refractivity (Wildman–Crippen MR) is 69.9 cm³/mol. The van der Waals surface area contributed by atoms with Gasteiger partial charge in [0.1, 0.15) is 22.2 Å². The SMILES string of the molecule is CCc1ccn2c(C#N)c(SC)c([N+](=O)[O-])c2c1. The van der Waals surface area contributed by atoms with E-state index >= 15 is 0 Å². The van der Waals surface area contributed by atoms with Crippen molar-refractivity contribution in [1.82, 2.24) is 4.40 Å². The van der Waals surface area contributed by atoms with Crippen LogP contribution in [0.3, 0.4) is 0 Å². The first kappa shape index (κ1) is 12.5. The summed E-state index contributed by atoms with van der Waals surface area (Å²) in [5.74, 6) is 0. The van der Waals surface area contributed by atoms with Crippen molar-refractivity contribution < 1.29 is 4.92 Å². The second-order valence-corrected chi connectivity index (χ2v) is 4.56. The van der Waals surface area contributed by atoms with E-state index in [0.29, 0.717) is 16.1 Å². The van der Waals surface area contributed by atoms with Crippen molar-refractivity contribution in [1.29, 1.82) is 5.26 Å².